The van der Waals surface area contributed by atoms with E-state index in [1.54, 1.807) is 31.2 Å². The standard InChI is InChI=1S/C18H15ClF3NO3/c1-11(12-6-8-13(19)9-7-12)23-16(24)10-26-17(25)14-4-2-3-5-15(14)18(20,21)22/h2-9,11H,10H2,1H3,(H,23,24)/t11-/m0/s1. The summed E-state index contributed by atoms with van der Waals surface area (Å²) in [6.07, 6.45) is -4.69. The fourth-order valence-electron chi connectivity index (χ4n) is 2.24. The third kappa shape index (κ3) is 5.23. The van der Waals surface area contributed by atoms with Gasteiger partial charge in [0.05, 0.1) is 17.2 Å². The molecule has 0 aliphatic heterocycles. The third-order valence-corrected chi connectivity index (χ3v) is 3.79. The highest BCUT2D eigenvalue weighted by Gasteiger charge is 2.35. The second kappa shape index (κ2) is 8.23. The Kier molecular flexibility index (Phi) is 6.26. The molecule has 0 radical (unpaired) electrons. The van der Waals surface area contributed by atoms with Crippen LogP contribution in [-0.2, 0) is 15.7 Å². The maximum absolute atomic E-state index is 12.9. The minimum absolute atomic E-state index is 0.388. The molecule has 1 atom stereocenters. The minimum atomic E-state index is -4.69. The Morgan fingerprint density at radius 2 is 1.73 bits per heavy atom. The molecule has 0 aliphatic carbocycles. The van der Waals surface area contributed by atoms with E-state index in [1.165, 1.54) is 12.1 Å². The van der Waals surface area contributed by atoms with Crippen molar-refractivity contribution >= 4 is 23.5 Å². The van der Waals surface area contributed by atoms with E-state index in [9.17, 15) is 22.8 Å². The van der Waals surface area contributed by atoms with Crippen LogP contribution in [0.2, 0.25) is 5.02 Å². The number of alkyl halides is 3. The molecule has 0 spiro atoms. The molecule has 0 saturated heterocycles. The second-order valence-corrected chi connectivity index (χ2v) is 5.90. The van der Waals surface area contributed by atoms with Crippen LogP contribution in [0.3, 0.4) is 0 Å². The Morgan fingerprint density at radius 3 is 2.35 bits per heavy atom. The number of ether oxygens (including phenoxy) is 1. The van der Waals surface area contributed by atoms with Crippen molar-refractivity contribution < 1.29 is 27.5 Å². The van der Waals surface area contributed by atoms with E-state index in [4.69, 9.17) is 16.3 Å². The van der Waals surface area contributed by atoms with Gasteiger partial charge >= 0.3 is 12.1 Å². The van der Waals surface area contributed by atoms with Gasteiger partial charge in [0.15, 0.2) is 6.61 Å². The molecule has 8 heteroatoms. The minimum Gasteiger partial charge on any atom is -0.452 e. The van der Waals surface area contributed by atoms with Crippen molar-refractivity contribution in [2.24, 2.45) is 0 Å². The maximum atomic E-state index is 12.9. The van der Waals surface area contributed by atoms with Crippen LogP contribution < -0.4 is 5.32 Å². The lowest BCUT2D eigenvalue weighted by Crippen LogP contribution is -2.31. The van der Waals surface area contributed by atoms with Gasteiger partial charge in [-0.3, -0.25) is 4.79 Å². The SMILES string of the molecule is C[C@H](NC(=O)COC(=O)c1ccccc1C(F)(F)F)c1ccc(Cl)cc1. The van der Waals surface area contributed by atoms with Crippen LogP contribution in [0.4, 0.5) is 13.2 Å². The van der Waals surface area contributed by atoms with Crippen molar-refractivity contribution in [3.05, 3.63) is 70.2 Å². The molecular formula is C18H15ClF3NO3. The summed E-state index contributed by atoms with van der Waals surface area (Å²) in [5.74, 6) is -1.85. The Balaban J connectivity index is 1.95. The predicted molar refractivity (Wildman–Crippen MR) is 89.7 cm³/mol. The molecule has 0 heterocycles. The predicted octanol–water partition coefficient (Wildman–Crippen LogP) is 4.39. The summed E-state index contributed by atoms with van der Waals surface area (Å²) in [6, 6.07) is 10.6. The molecule has 1 N–H and O–H groups in total. The molecule has 2 rings (SSSR count). The number of rotatable bonds is 5. The molecule has 26 heavy (non-hydrogen) atoms. The van der Waals surface area contributed by atoms with Gasteiger partial charge in [-0.25, -0.2) is 4.79 Å². The average Bonchev–Trinajstić information content (AvgIpc) is 2.59. The monoisotopic (exact) mass is 385 g/mol. The molecule has 0 fully saturated rings. The molecule has 138 valence electrons. The largest absolute Gasteiger partial charge is 0.452 e. The van der Waals surface area contributed by atoms with Crippen molar-refractivity contribution in [3.63, 3.8) is 0 Å². The van der Waals surface area contributed by atoms with Crippen LogP contribution in [0, 0.1) is 0 Å². The Morgan fingerprint density at radius 1 is 1.12 bits per heavy atom. The van der Waals surface area contributed by atoms with E-state index < -0.39 is 35.8 Å². The Hall–Kier alpha value is -2.54. The van der Waals surface area contributed by atoms with Gasteiger partial charge in [0.2, 0.25) is 0 Å². The van der Waals surface area contributed by atoms with Gasteiger partial charge in [0.25, 0.3) is 5.91 Å². The summed E-state index contributed by atoms with van der Waals surface area (Å²) in [5, 5.41) is 3.13. The highest BCUT2D eigenvalue weighted by atomic mass is 35.5. The zero-order chi connectivity index (χ0) is 19.3. The average molecular weight is 386 g/mol. The zero-order valence-corrected chi connectivity index (χ0v) is 14.4. The Bertz CT molecular complexity index is 791. The molecule has 0 unspecified atom stereocenters. The fourth-order valence-corrected chi connectivity index (χ4v) is 2.36. The number of benzene rings is 2. The maximum Gasteiger partial charge on any atom is 0.417 e. The molecule has 0 saturated carbocycles. The van der Waals surface area contributed by atoms with Crippen molar-refractivity contribution in [2.75, 3.05) is 6.61 Å². The lowest BCUT2D eigenvalue weighted by molar-refractivity contribution is -0.138. The van der Waals surface area contributed by atoms with Crippen LogP contribution in [0.25, 0.3) is 0 Å². The van der Waals surface area contributed by atoms with E-state index >= 15 is 0 Å². The van der Waals surface area contributed by atoms with E-state index in [-0.39, 0.29) is 6.04 Å². The fraction of sp³-hybridized carbons (Fsp3) is 0.222. The first-order valence-electron chi connectivity index (χ1n) is 7.56. The highest BCUT2D eigenvalue weighted by Crippen LogP contribution is 2.32. The lowest BCUT2D eigenvalue weighted by atomic mass is 10.1. The number of halogens is 4. The number of nitrogens with one attached hydrogen (secondary N) is 1. The second-order valence-electron chi connectivity index (χ2n) is 5.46. The summed E-state index contributed by atoms with van der Waals surface area (Å²) in [6.45, 7) is 1.02. The molecule has 2 aromatic carbocycles. The highest BCUT2D eigenvalue weighted by molar-refractivity contribution is 6.30. The first-order valence-corrected chi connectivity index (χ1v) is 7.94. The van der Waals surface area contributed by atoms with Crippen molar-refractivity contribution in [3.8, 4) is 0 Å². The first-order chi connectivity index (χ1) is 12.2. The number of hydrogen-bond donors (Lipinski definition) is 1. The van der Waals surface area contributed by atoms with E-state index in [2.05, 4.69) is 5.32 Å². The quantitative estimate of drug-likeness (QED) is 0.776. The first kappa shape index (κ1) is 19.8. The smallest absolute Gasteiger partial charge is 0.417 e. The van der Waals surface area contributed by atoms with Gasteiger partial charge in [-0.2, -0.15) is 13.2 Å². The molecular weight excluding hydrogens is 371 g/mol. The van der Waals surface area contributed by atoms with E-state index in [0.29, 0.717) is 5.02 Å². The van der Waals surface area contributed by atoms with Crippen molar-refractivity contribution in [2.45, 2.75) is 19.1 Å². The molecule has 2 aromatic rings. The van der Waals surface area contributed by atoms with Gasteiger partial charge < -0.3 is 10.1 Å². The zero-order valence-electron chi connectivity index (χ0n) is 13.6. The van der Waals surface area contributed by atoms with Crippen LogP contribution in [0.15, 0.2) is 48.5 Å². The van der Waals surface area contributed by atoms with E-state index in [0.717, 1.165) is 17.7 Å². The number of hydrogen-bond acceptors (Lipinski definition) is 3. The number of carbonyl (C=O) groups excluding carboxylic acids is 2. The molecule has 0 bridgehead atoms. The van der Waals surface area contributed by atoms with Gasteiger partial charge in [-0.1, -0.05) is 35.9 Å². The van der Waals surface area contributed by atoms with Crippen molar-refractivity contribution in [1.82, 2.24) is 5.32 Å². The van der Waals surface area contributed by atoms with Crippen LogP contribution in [0.5, 0.6) is 0 Å². The normalized spacial score (nSPS) is 12.3. The van der Waals surface area contributed by atoms with Crippen LogP contribution >= 0.6 is 11.6 Å². The lowest BCUT2D eigenvalue weighted by Gasteiger charge is -2.15. The molecule has 1 amide bonds. The summed E-state index contributed by atoms with van der Waals surface area (Å²) in [4.78, 5) is 23.8. The van der Waals surface area contributed by atoms with Crippen LogP contribution in [0.1, 0.15) is 34.5 Å². The molecule has 0 aromatic heterocycles. The number of carbonyl (C=O) groups is 2. The van der Waals surface area contributed by atoms with Gasteiger partial charge in [-0.05, 0) is 36.8 Å². The molecule has 0 aliphatic rings. The van der Waals surface area contributed by atoms with Gasteiger partial charge in [0.1, 0.15) is 0 Å². The van der Waals surface area contributed by atoms with Crippen LogP contribution in [-0.4, -0.2) is 18.5 Å². The summed E-state index contributed by atoms with van der Waals surface area (Å²) < 4.78 is 43.4. The summed E-state index contributed by atoms with van der Waals surface area (Å²) in [5.41, 5.74) is -0.977. The summed E-state index contributed by atoms with van der Waals surface area (Å²) >= 11 is 5.78. The van der Waals surface area contributed by atoms with Gasteiger partial charge in [-0.15, -0.1) is 0 Å². The number of esters is 1. The van der Waals surface area contributed by atoms with E-state index in [1.807, 2.05) is 0 Å². The summed E-state index contributed by atoms with van der Waals surface area (Å²) in [7, 11) is 0. The molecule has 4 nitrogen and oxygen atoms in total. The Labute approximate surface area is 152 Å². The van der Waals surface area contributed by atoms with Gasteiger partial charge in [0, 0.05) is 5.02 Å². The number of amides is 1. The van der Waals surface area contributed by atoms with Crippen molar-refractivity contribution in [1.29, 1.82) is 0 Å². The topological polar surface area (TPSA) is 55.4 Å². The third-order valence-electron chi connectivity index (χ3n) is 3.53.